The van der Waals surface area contributed by atoms with Gasteiger partial charge in [0.25, 0.3) is 0 Å². The van der Waals surface area contributed by atoms with Crippen molar-refractivity contribution in [1.82, 2.24) is 10.3 Å². The van der Waals surface area contributed by atoms with Crippen LogP contribution >= 0.6 is 11.3 Å². The molecule has 3 nitrogen and oxygen atoms in total. The number of hydrogen-bond acceptors (Lipinski definition) is 3. The molecule has 0 saturated carbocycles. The third-order valence-corrected chi connectivity index (χ3v) is 4.90. The summed E-state index contributed by atoms with van der Waals surface area (Å²) in [6.07, 6.45) is 2.43. The lowest BCUT2D eigenvalue weighted by Crippen LogP contribution is -2.28. The highest BCUT2D eigenvalue weighted by molar-refractivity contribution is 7.09. The average molecular weight is 316 g/mol. The van der Waals surface area contributed by atoms with Crippen LogP contribution in [0.1, 0.15) is 61.8 Å². The molecule has 0 aliphatic heterocycles. The van der Waals surface area contributed by atoms with Gasteiger partial charge < -0.3 is 5.32 Å². The second kappa shape index (κ2) is 8.08. The highest BCUT2D eigenvalue weighted by atomic mass is 32.1. The lowest BCUT2D eigenvalue weighted by Gasteiger charge is -2.17. The van der Waals surface area contributed by atoms with Gasteiger partial charge in [-0.1, -0.05) is 44.2 Å². The zero-order valence-electron chi connectivity index (χ0n) is 13.5. The van der Waals surface area contributed by atoms with Crippen molar-refractivity contribution in [3.8, 4) is 0 Å². The Kier molecular flexibility index (Phi) is 6.13. The van der Waals surface area contributed by atoms with Crippen molar-refractivity contribution in [3.63, 3.8) is 0 Å². The number of rotatable bonds is 7. The van der Waals surface area contributed by atoms with Crippen LogP contribution in [-0.4, -0.2) is 10.9 Å². The number of benzene rings is 1. The van der Waals surface area contributed by atoms with Gasteiger partial charge in [0, 0.05) is 11.8 Å². The Morgan fingerprint density at radius 3 is 2.59 bits per heavy atom. The number of carbonyl (C=O) groups is 1. The minimum absolute atomic E-state index is 0.0303. The SMILES string of the molecule is CCc1nc(C(C)NC(=O)CC(CC)c2ccccc2)cs1. The van der Waals surface area contributed by atoms with E-state index in [4.69, 9.17) is 0 Å². The summed E-state index contributed by atoms with van der Waals surface area (Å²) in [7, 11) is 0. The predicted octanol–water partition coefficient (Wildman–Crippen LogP) is 4.47. The van der Waals surface area contributed by atoms with E-state index in [0.29, 0.717) is 6.42 Å². The molecule has 4 heteroatoms. The Labute approximate surface area is 136 Å². The van der Waals surface area contributed by atoms with Crippen LogP contribution in [0.15, 0.2) is 35.7 Å². The standard InChI is InChI=1S/C18H24N2OS/c1-4-14(15-9-7-6-8-10-15)11-17(21)19-13(3)16-12-22-18(5-2)20-16/h6-10,12-14H,4-5,11H2,1-3H3,(H,19,21). The largest absolute Gasteiger partial charge is 0.348 e. The summed E-state index contributed by atoms with van der Waals surface area (Å²) in [5.74, 6) is 0.365. The molecule has 1 amide bonds. The average Bonchev–Trinajstić information content (AvgIpc) is 3.02. The minimum Gasteiger partial charge on any atom is -0.348 e. The van der Waals surface area contributed by atoms with Crippen LogP contribution in [0.25, 0.3) is 0 Å². The van der Waals surface area contributed by atoms with Gasteiger partial charge in [0.2, 0.25) is 5.91 Å². The molecule has 1 aromatic carbocycles. The normalized spacial score (nSPS) is 13.6. The summed E-state index contributed by atoms with van der Waals surface area (Å²) in [5, 5.41) is 6.23. The van der Waals surface area contributed by atoms with Crippen molar-refractivity contribution in [2.45, 2.75) is 52.0 Å². The number of aromatic nitrogens is 1. The summed E-state index contributed by atoms with van der Waals surface area (Å²) in [5.41, 5.74) is 2.19. The van der Waals surface area contributed by atoms with Crippen molar-refractivity contribution < 1.29 is 4.79 Å². The van der Waals surface area contributed by atoms with E-state index in [9.17, 15) is 4.79 Å². The molecule has 0 radical (unpaired) electrons. The molecule has 2 aromatic rings. The van der Waals surface area contributed by atoms with Gasteiger partial charge in [-0.05, 0) is 31.2 Å². The van der Waals surface area contributed by atoms with Gasteiger partial charge >= 0.3 is 0 Å². The minimum atomic E-state index is -0.0303. The van der Waals surface area contributed by atoms with Crippen LogP contribution in [0.5, 0.6) is 0 Å². The Balaban J connectivity index is 1.93. The molecule has 0 bridgehead atoms. The quantitative estimate of drug-likeness (QED) is 0.819. The zero-order valence-corrected chi connectivity index (χ0v) is 14.3. The maximum absolute atomic E-state index is 12.3. The number of hydrogen-bond donors (Lipinski definition) is 1. The van der Waals surface area contributed by atoms with Crippen LogP contribution in [-0.2, 0) is 11.2 Å². The van der Waals surface area contributed by atoms with Gasteiger partial charge in [-0.2, -0.15) is 0 Å². The van der Waals surface area contributed by atoms with Gasteiger partial charge in [0.1, 0.15) is 0 Å². The highest BCUT2D eigenvalue weighted by Gasteiger charge is 2.17. The van der Waals surface area contributed by atoms with Crippen molar-refractivity contribution in [1.29, 1.82) is 0 Å². The van der Waals surface area contributed by atoms with E-state index >= 15 is 0 Å². The smallest absolute Gasteiger partial charge is 0.221 e. The third-order valence-electron chi connectivity index (χ3n) is 3.89. The van der Waals surface area contributed by atoms with E-state index in [1.807, 2.05) is 30.5 Å². The first kappa shape index (κ1) is 16.7. The van der Waals surface area contributed by atoms with Gasteiger partial charge in [-0.15, -0.1) is 11.3 Å². The molecule has 0 saturated heterocycles. The molecule has 0 spiro atoms. The predicted molar refractivity (Wildman–Crippen MR) is 92.1 cm³/mol. The van der Waals surface area contributed by atoms with E-state index in [2.05, 4.69) is 36.3 Å². The first-order chi connectivity index (χ1) is 10.6. The molecule has 0 aliphatic rings. The number of nitrogens with zero attached hydrogens (tertiary/aromatic N) is 1. The van der Waals surface area contributed by atoms with Crippen molar-refractivity contribution in [2.75, 3.05) is 0 Å². The summed E-state index contributed by atoms with van der Waals surface area (Å²) in [6.45, 7) is 6.22. The molecule has 0 aliphatic carbocycles. The van der Waals surface area contributed by atoms with Gasteiger partial charge in [0.15, 0.2) is 0 Å². The molecule has 118 valence electrons. The number of thiazole rings is 1. The Morgan fingerprint density at radius 2 is 2.00 bits per heavy atom. The second-order valence-corrected chi connectivity index (χ2v) is 6.47. The van der Waals surface area contributed by atoms with E-state index in [1.54, 1.807) is 11.3 Å². The number of nitrogens with one attached hydrogen (secondary N) is 1. The van der Waals surface area contributed by atoms with Crippen LogP contribution in [0, 0.1) is 0 Å². The lowest BCUT2D eigenvalue weighted by molar-refractivity contribution is -0.122. The molecular weight excluding hydrogens is 292 g/mol. The third kappa shape index (κ3) is 4.41. The van der Waals surface area contributed by atoms with Crippen LogP contribution < -0.4 is 5.32 Å². The number of carbonyl (C=O) groups excluding carboxylic acids is 1. The molecule has 22 heavy (non-hydrogen) atoms. The number of aryl methyl sites for hydroxylation is 1. The van der Waals surface area contributed by atoms with Crippen molar-refractivity contribution in [3.05, 3.63) is 52.0 Å². The molecule has 2 unspecified atom stereocenters. The second-order valence-electron chi connectivity index (χ2n) is 5.53. The van der Waals surface area contributed by atoms with E-state index < -0.39 is 0 Å². The maximum Gasteiger partial charge on any atom is 0.221 e. The summed E-state index contributed by atoms with van der Waals surface area (Å²) in [4.78, 5) is 16.9. The fourth-order valence-electron chi connectivity index (χ4n) is 2.51. The molecule has 2 rings (SSSR count). The molecule has 2 atom stereocenters. The summed E-state index contributed by atoms with van der Waals surface area (Å²) in [6, 6.07) is 10.2. The molecular formula is C18H24N2OS. The Bertz CT molecular complexity index is 594. The highest BCUT2D eigenvalue weighted by Crippen LogP contribution is 2.24. The van der Waals surface area contributed by atoms with E-state index in [0.717, 1.165) is 23.5 Å². The topological polar surface area (TPSA) is 42.0 Å². The monoisotopic (exact) mass is 316 g/mol. The van der Waals surface area contributed by atoms with E-state index in [1.165, 1.54) is 5.56 Å². The van der Waals surface area contributed by atoms with Gasteiger partial charge in [0.05, 0.1) is 16.7 Å². The van der Waals surface area contributed by atoms with Crippen LogP contribution in [0.4, 0.5) is 0 Å². The first-order valence-electron chi connectivity index (χ1n) is 7.92. The van der Waals surface area contributed by atoms with Crippen LogP contribution in [0.2, 0.25) is 0 Å². The molecule has 1 aromatic heterocycles. The molecule has 0 fully saturated rings. The van der Waals surface area contributed by atoms with Crippen molar-refractivity contribution in [2.24, 2.45) is 0 Å². The van der Waals surface area contributed by atoms with Crippen LogP contribution in [0.3, 0.4) is 0 Å². The lowest BCUT2D eigenvalue weighted by atomic mass is 9.93. The van der Waals surface area contributed by atoms with E-state index in [-0.39, 0.29) is 17.9 Å². The molecule has 1 N–H and O–H groups in total. The van der Waals surface area contributed by atoms with Gasteiger partial charge in [-0.25, -0.2) is 4.98 Å². The summed E-state index contributed by atoms with van der Waals surface area (Å²) >= 11 is 1.66. The Hall–Kier alpha value is -1.68. The van der Waals surface area contributed by atoms with Gasteiger partial charge in [-0.3, -0.25) is 4.79 Å². The fourth-order valence-corrected chi connectivity index (χ4v) is 3.35. The van der Waals surface area contributed by atoms with Crippen molar-refractivity contribution >= 4 is 17.2 Å². The Morgan fingerprint density at radius 1 is 1.27 bits per heavy atom. The number of amides is 1. The summed E-state index contributed by atoms with van der Waals surface area (Å²) < 4.78 is 0. The zero-order chi connectivity index (χ0) is 15.9. The first-order valence-corrected chi connectivity index (χ1v) is 8.80. The molecule has 1 heterocycles. The maximum atomic E-state index is 12.3. The fraction of sp³-hybridized carbons (Fsp3) is 0.444.